The van der Waals surface area contributed by atoms with Gasteiger partial charge in [0.25, 0.3) is 0 Å². The fourth-order valence-electron chi connectivity index (χ4n) is 2.21. The number of halogens is 3. The van der Waals surface area contributed by atoms with Crippen molar-refractivity contribution in [3.05, 3.63) is 17.7 Å². The number of carbonyl (C=O) groups excluding carboxylic acids is 1. The first-order valence-corrected chi connectivity index (χ1v) is 7.73. The second kappa shape index (κ2) is 7.85. The molecule has 0 aliphatic rings. The zero-order valence-corrected chi connectivity index (χ0v) is 14.7. The van der Waals surface area contributed by atoms with E-state index < -0.39 is 40.2 Å². The number of carboxylic acids is 1. The van der Waals surface area contributed by atoms with Gasteiger partial charge in [-0.2, -0.15) is 13.2 Å². The summed E-state index contributed by atoms with van der Waals surface area (Å²) in [5.41, 5.74) is -5.21. The molecule has 25 heavy (non-hydrogen) atoms. The third-order valence-electron chi connectivity index (χ3n) is 3.43. The highest BCUT2D eigenvalue weighted by molar-refractivity contribution is 8.03. The number of Topliss-reactive ketones (excluding diaryl/α,β-unsaturated/α-hetero) is 1. The van der Waals surface area contributed by atoms with Gasteiger partial charge in [0, 0.05) is 5.56 Å². The van der Waals surface area contributed by atoms with Gasteiger partial charge in [-0.25, -0.2) is 0 Å². The Morgan fingerprint density at radius 2 is 1.56 bits per heavy atom. The molecule has 0 aliphatic heterocycles. The lowest BCUT2D eigenvalue weighted by atomic mass is 9.93. The van der Waals surface area contributed by atoms with Crippen LogP contribution in [0.1, 0.15) is 23.7 Å². The smallest absolute Gasteiger partial charge is 0.443 e. The van der Waals surface area contributed by atoms with E-state index in [2.05, 4.69) is 0 Å². The maximum Gasteiger partial charge on any atom is 0.443 e. The minimum absolute atomic E-state index is 0.0256. The molecule has 0 bridgehead atoms. The lowest BCUT2D eigenvalue weighted by Gasteiger charge is -2.27. The molecule has 1 aromatic rings. The zero-order chi connectivity index (χ0) is 19.4. The Hall–Kier alpha value is -2.10. The van der Waals surface area contributed by atoms with E-state index in [0.717, 1.165) is 12.1 Å². The molecule has 0 saturated carbocycles. The van der Waals surface area contributed by atoms with Gasteiger partial charge in [-0.15, -0.1) is 0 Å². The van der Waals surface area contributed by atoms with Crippen LogP contribution in [0, 0.1) is 0 Å². The number of carbonyl (C=O) groups is 2. The average Bonchev–Trinajstić information content (AvgIpc) is 2.56. The fourth-order valence-corrected chi connectivity index (χ4v) is 3.05. The molecule has 1 aromatic carbocycles. The third-order valence-corrected chi connectivity index (χ3v) is 4.66. The molecule has 0 fully saturated rings. The Morgan fingerprint density at radius 3 is 1.84 bits per heavy atom. The Balaban J connectivity index is 3.55. The van der Waals surface area contributed by atoms with Crippen LogP contribution in [0.15, 0.2) is 12.1 Å². The van der Waals surface area contributed by atoms with Crippen LogP contribution >= 0.6 is 11.8 Å². The fraction of sp³-hybridized carbons (Fsp3) is 0.467. The molecule has 0 spiro atoms. The summed E-state index contributed by atoms with van der Waals surface area (Å²) in [6.07, 6.45) is -0.567. The highest BCUT2D eigenvalue weighted by Crippen LogP contribution is 2.46. The molecule has 0 amide bonds. The highest BCUT2D eigenvalue weighted by Gasteiger charge is 2.53. The van der Waals surface area contributed by atoms with Gasteiger partial charge in [0.15, 0.2) is 22.0 Å². The van der Waals surface area contributed by atoms with Crippen molar-refractivity contribution >= 4 is 23.5 Å². The van der Waals surface area contributed by atoms with Gasteiger partial charge in [-0.1, -0.05) is 6.92 Å². The first-order chi connectivity index (χ1) is 11.6. The van der Waals surface area contributed by atoms with Gasteiger partial charge < -0.3 is 19.3 Å². The zero-order valence-electron chi connectivity index (χ0n) is 13.9. The predicted molar refractivity (Wildman–Crippen MR) is 84.7 cm³/mol. The van der Waals surface area contributed by atoms with E-state index in [1.807, 2.05) is 0 Å². The van der Waals surface area contributed by atoms with Crippen molar-refractivity contribution in [1.82, 2.24) is 0 Å². The predicted octanol–water partition coefficient (Wildman–Crippen LogP) is 3.38. The number of carboxylic acid groups (broad SMARTS) is 1. The van der Waals surface area contributed by atoms with E-state index in [-0.39, 0.29) is 22.8 Å². The van der Waals surface area contributed by atoms with Gasteiger partial charge in [-0.3, -0.25) is 9.59 Å². The summed E-state index contributed by atoms with van der Waals surface area (Å²) in [7, 11) is 3.84. The highest BCUT2D eigenvalue weighted by atomic mass is 32.2. The van der Waals surface area contributed by atoms with Crippen molar-refractivity contribution in [2.75, 3.05) is 21.3 Å². The number of hydrogen-bond acceptors (Lipinski definition) is 6. The van der Waals surface area contributed by atoms with Crippen molar-refractivity contribution in [3.8, 4) is 17.2 Å². The minimum Gasteiger partial charge on any atom is -0.493 e. The van der Waals surface area contributed by atoms with Crippen LogP contribution in [-0.2, 0) is 4.79 Å². The number of hydrogen-bond donors (Lipinski definition) is 1. The maximum atomic E-state index is 12.9. The molecule has 1 unspecified atom stereocenters. The van der Waals surface area contributed by atoms with E-state index in [4.69, 9.17) is 14.2 Å². The van der Waals surface area contributed by atoms with Crippen LogP contribution in [0.25, 0.3) is 0 Å². The second-order valence-electron chi connectivity index (χ2n) is 4.78. The molecule has 1 atom stereocenters. The molecule has 0 heterocycles. The van der Waals surface area contributed by atoms with E-state index in [1.54, 1.807) is 0 Å². The van der Waals surface area contributed by atoms with Crippen LogP contribution < -0.4 is 14.2 Å². The first-order valence-electron chi connectivity index (χ1n) is 6.91. The number of thioether (sulfide) groups is 1. The number of methoxy groups -OCH3 is 3. The molecule has 1 rings (SSSR count). The molecule has 140 valence electrons. The van der Waals surface area contributed by atoms with Gasteiger partial charge in [0.05, 0.1) is 21.3 Å². The summed E-state index contributed by atoms with van der Waals surface area (Å²) in [6, 6.07) is 2.24. The molecule has 0 aromatic heterocycles. The van der Waals surface area contributed by atoms with Crippen LogP contribution in [-0.4, -0.2) is 48.4 Å². The SMILES string of the molecule is CCC(SC(F)(F)F)(C(=O)O)C(=O)c1cc(OC)c(OC)c(OC)c1. The lowest BCUT2D eigenvalue weighted by Crippen LogP contribution is -2.45. The first kappa shape index (κ1) is 20.9. The Morgan fingerprint density at radius 1 is 1.08 bits per heavy atom. The van der Waals surface area contributed by atoms with Crippen molar-refractivity contribution in [2.24, 2.45) is 0 Å². The number of benzene rings is 1. The standard InChI is InChI=1S/C15H17F3O6S/c1-5-14(13(20)21,25-15(16,17)18)12(19)8-6-9(22-2)11(24-4)10(7-8)23-3/h6-7H,5H2,1-4H3,(H,20,21). The molecular formula is C15H17F3O6S. The normalized spacial score (nSPS) is 13.7. The number of alkyl halides is 3. The number of ketones is 1. The van der Waals surface area contributed by atoms with Crippen molar-refractivity contribution in [3.63, 3.8) is 0 Å². The molecule has 0 aliphatic carbocycles. The van der Waals surface area contributed by atoms with Gasteiger partial charge in [0.2, 0.25) is 5.75 Å². The summed E-state index contributed by atoms with van der Waals surface area (Å²) in [4.78, 5) is 24.2. The molecule has 1 N–H and O–H groups in total. The van der Waals surface area contributed by atoms with Gasteiger partial charge in [0.1, 0.15) is 0 Å². The molecule has 6 nitrogen and oxygen atoms in total. The average molecular weight is 382 g/mol. The summed E-state index contributed by atoms with van der Waals surface area (Å²) in [6.45, 7) is 1.20. The van der Waals surface area contributed by atoms with E-state index >= 15 is 0 Å². The molecule has 0 radical (unpaired) electrons. The summed E-state index contributed by atoms with van der Waals surface area (Å²) < 4.78 is 51.0. The van der Waals surface area contributed by atoms with Crippen LogP contribution in [0.3, 0.4) is 0 Å². The van der Waals surface area contributed by atoms with Crippen LogP contribution in [0.2, 0.25) is 0 Å². The van der Waals surface area contributed by atoms with Crippen molar-refractivity contribution < 1.29 is 42.1 Å². The largest absolute Gasteiger partial charge is 0.493 e. The molecule has 0 saturated heterocycles. The summed E-state index contributed by atoms with van der Waals surface area (Å²) >= 11 is -0.865. The van der Waals surface area contributed by atoms with Crippen molar-refractivity contribution in [2.45, 2.75) is 23.6 Å². The summed E-state index contributed by atoms with van der Waals surface area (Å²) in [5, 5.41) is 9.34. The second-order valence-corrected chi connectivity index (χ2v) is 6.14. The van der Waals surface area contributed by atoms with Gasteiger partial charge in [-0.05, 0) is 30.3 Å². The van der Waals surface area contributed by atoms with Crippen LogP contribution in [0.4, 0.5) is 13.2 Å². The molecule has 10 heteroatoms. The van der Waals surface area contributed by atoms with Gasteiger partial charge >= 0.3 is 11.5 Å². The number of rotatable bonds is 8. The maximum absolute atomic E-state index is 12.9. The van der Waals surface area contributed by atoms with Crippen molar-refractivity contribution in [1.29, 1.82) is 0 Å². The van der Waals surface area contributed by atoms with E-state index in [0.29, 0.717) is 0 Å². The third kappa shape index (κ3) is 4.30. The summed E-state index contributed by atoms with van der Waals surface area (Å²) in [5.74, 6) is -2.92. The molecular weight excluding hydrogens is 365 g/mol. The van der Waals surface area contributed by atoms with E-state index in [9.17, 15) is 27.9 Å². The van der Waals surface area contributed by atoms with E-state index in [1.165, 1.54) is 28.3 Å². The Kier molecular flexibility index (Phi) is 6.58. The van der Waals surface area contributed by atoms with Crippen LogP contribution in [0.5, 0.6) is 17.2 Å². The number of ether oxygens (including phenoxy) is 3. The lowest BCUT2D eigenvalue weighted by molar-refractivity contribution is -0.139. The minimum atomic E-state index is -4.91. The Labute approximate surface area is 146 Å². The monoisotopic (exact) mass is 382 g/mol. The number of aliphatic carboxylic acids is 1. The quantitative estimate of drug-likeness (QED) is 0.545. The topological polar surface area (TPSA) is 82.1 Å². The Bertz CT molecular complexity index is 636.